The van der Waals surface area contributed by atoms with Crippen molar-refractivity contribution in [2.75, 3.05) is 11.6 Å². The summed E-state index contributed by atoms with van der Waals surface area (Å²) in [7, 11) is 2.00. The zero-order valence-electron chi connectivity index (χ0n) is 10.7. The summed E-state index contributed by atoms with van der Waals surface area (Å²) in [4.78, 5) is 1.29. The van der Waals surface area contributed by atoms with Gasteiger partial charge in [-0.1, -0.05) is 12.1 Å². The first-order valence-corrected chi connectivity index (χ1v) is 7.44. The van der Waals surface area contributed by atoms with Gasteiger partial charge in [0.05, 0.1) is 5.69 Å². The SMILES string of the molecule is CSc1ccc(-c2cc(NC3CC3)nn2C)cc1. The summed E-state index contributed by atoms with van der Waals surface area (Å²) in [6.45, 7) is 0. The lowest BCUT2D eigenvalue weighted by Crippen LogP contribution is -2.01. The zero-order valence-corrected chi connectivity index (χ0v) is 11.5. The second kappa shape index (κ2) is 4.69. The summed E-state index contributed by atoms with van der Waals surface area (Å²) < 4.78 is 1.94. The van der Waals surface area contributed by atoms with E-state index in [1.54, 1.807) is 11.8 Å². The van der Waals surface area contributed by atoms with E-state index in [9.17, 15) is 0 Å². The Labute approximate surface area is 112 Å². The summed E-state index contributed by atoms with van der Waals surface area (Å²) in [5, 5.41) is 7.94. The summed E-state index contributed by atoms with van der Waals surface area (Å²) in [5.74, 6) is 0.990. The lowest BCUT2D eigenvalue weighted by molar-refractivity contribution is 0.776. The van der Waals surface area contributed by atoms with Crippen LogP contribution >= 0.6 is 11.8 Å². The average molecular weight is 259 g/mol. The quantitative estimate of drug-likeness (QED) is 0.854. The molecule has 0 atom stereocenters. The molecule has 0 radical (unpaired) electrons. The van der Waals surface area contributed by atoms with E-state index in [1.165, 1.54) is 23.3 Å². The van der Waals surface area contributed by atoms with Gasteiger partial charge < -0.3 is 5.32 Å². The van der Waals surface area contributed by atoms with E-state index in [1.807, 2.05) is 11.7 Å². The summed E-state index contributed by atoms with van der Waals surface area (Å²) in [6, 6.07) is 11.4. The maximum absolute atomic E-state index is 4.51. The number of benzene rings is 1. The number of nitrogens with one attached hydrogen (secondary N) is 1. The zero-order chi connectivity index (χ0) is 12.5. The number of hydrogen-bond donors (Lipinski definition) is 1. The summed E-state index contributed by atoms with van der Waals surface area (Å²) in [6.07, 6.45) is 4.64. The van der Waals surface area contributed by atoms with Crippen LogP contribution in [0.3, 0.4) is 0 Å². The Morgan fingerprint density at radius 2 is 2.00 bits per heavy atom. The molecule has 0 unspecified atom stereocenters. The number of thioether (sulfide) groups is 1. The Morgan fingerprint density at radius 3 is 2.61 bits per heavy atom. The number of rotatable bonds is 4. The minimum atomic E-state index is 0.645. The number of nitrogens with zero attached hydrogens (tertiary/aromatic N) is 2. The Bertz CT molecular complexity index is 541. The topological polar surface area (TPSA) is 29.9 Å². The van der Waals surface area contributed by atoms with Crippen LogP contribution in [0, 0.1) is 0 Å². The van der Waals surface area contributed by atoms with Crippen molar-refractivity contribution in [1.82, 2.24) is 9.78 Å². The minimum absolute atomic E-state index is 0.645. The lowest BCUT2D eigenvalue weighted by Gasteiger charge is -2.02. The van der Waals surface area contributed by atoms with Crippen LogP contribution in [0.2, 0.25) is 0 Å². The van der Waals surface area contributed by atoms with Crippen LogP contribution in [0.15, 0.2) is 35.2 Å². The van der Waals surface area contributed by atoms with Crippen molar-refractivity contribution < 1.29 is 0 Å². The third-order valence-electron chi connectivity index (χ3n) is 3.19. The molecule has 0 saturated heterocycles. The highest BCUT2D eigenvalue weighted by molar-refractivity contribution is 7.98. The van der Waals surface area contributed by atoms with E-state index >= 15 is 0 Å². The highest BCUT2D eigenvalue weighted by atomic mass is 32.2. The van der Waals surface area contributed by atoms with E-state index in [0.29, 0.717) is 6.04 Å². The fourth-order valence-electron chi connectivity index (χ4n) is 2.01. The third kappa shape index (κ3) is 2.38. The molecule has 1 aliphatic carbocycles. The predicted octanol–water partition coefficient (Wildman–Crippen LogP) is 3.38. The standard InChI is InChI=1S/C14H17N3S/c1-17-13(9-14(16-17)15-11-5-6-11)10-3-7-12(18-2)8-4-10/h3-4,7-9,11H,5-6H2,1-2H3,(H,15,16). The second-order valence-electron chi connectivity index (χ2n) is 4.69. The smallest absolute Gasteiger partial charge is 0.148 e. The first-order valence-electron chi connectivity index (χ1n) is 6.21. The molecule has 1 saturated carbocycles. The molecule has 1 fully saturated rings. The normalized spacial score (nSPS) is 14.8. The second-order valence-corrected chi connectivity index (χ2v) is 5.57. The van der Waals surface area contributed by atoms with Crippen molar-refractivity contribution in [1.29, 1.82) is 0 Å². The summed E-state index contributed by atoms with van der Waals surface area (Å²) >= 11 is 1.76. The van der Waals surface area contributed by atoms with Crippen molar-refractivity contribution in [3.63, 3.8) is 0 Å². The summed E-state index contributed by atoms with van der Waals surface area (Å²) in [5.41, 5.74) is 2.37. The molecular weight excluding hydrogens is 242 g/mol. The van der Waals surface area contributed by atoms with Gasteiger partial charge in [0.1, 0.15) is 5.82 Å². The van der Waals surface area contributed by atoms with E-state index < -0.39 is 0 Å². The number of anilines is 1. The third-order valence-corrected chi connectivity index (χ3v) is 3.94. The molecule has 0 amide bonds. The molecule has 1 N–H and O–H groups in total. The van der Waals surface area contributed by atoms with Crippen LogP contribution in [0.25, 0.3) is 11.3 Å². The Balaban J connectivity index is 1.86. The molecule has 94 valence electrons. The van der Waals surface area contributed by atoms with Gasteiger partial charge in [0.2, 0.25) is 0 Å². The lowest BCUT2D eigenvalue weighted by atomic mass is 10.1. The van der Waals surface area contributed by atoms with Gasteiger partial charge in [-0.3, -0.25) is 4.68 Å². The molecule has 4 heteroatoms. The highest BCUT2D eigenvalue weighted by Crippen LogP contribution is 2.28. The van der Waals surface area contributed by atoms with Crippen LogP contribution < -0.4 is 5.32 Å². The van der Waals surface area contributed by atoms with Gasteiger partial charge in [-0.25, -0.2) is 0 Å². The Hall–Kier alpha value is -1.42. The molecule has 18 heavy (non-hydrogen) atoms. The van der Waals surface area contributed by atoms with E-state index in [4.69, 9.17) is 0 Å². The van der Waals surface area contributed by atoms with Crippen molar-refractivity contribution in [3.05, 3.63) is 30.3 Å². The first-order chi connectivity index (χ1) is 8.76. The minimum Gasteiger partial charge on any atom is -0.366 e. The predicted molar refractivity (Wildman–Crippen MR) is 77.1 cm³/mol. The van der Waals surface area contributed by atoms with Crippen LogP contribution in [0.4, 0.5) is 5.82 Å². The number of aryl methyl sites for hydroxylation is 1. The molecule has 1 aromatic carbocycles. The van der Waals surface area contributed by atoms with E-state index in [-0.39, 0.29) is 0 Å². The van der Waals surface area contributed by atoms with E-state index in [0.717, 1.165) is 11.5 Å². The molecule has 2 aromatic rings. The van der Waals surface area contributed by atoms with Crippen LogP contribution in [-0.4, -0.2) is 22.1 Å². The largest absolute Gasteiger partial charge is 0.366 e. The van der Waals surface area contributed by atoms with Gasteiger partial charge in [-0.05, 0) is 36.8 Å². The van der Waals surface area contributed by atoms with Gasteiger partial charge in [-0.15, -0.1) is 11.8 Å². The number of hydrogen-bond acceptors (Lipinski definition) is 3. The van der Waals surface area contributed by atoms with Crippen LogP contribution in [0.5, 0.6) is 0 Å². The molecule has 1 aromatic heterocycles. The van der Waals surface area contributed by atoms with E-state index in [2.05, 4.69) is 47.0 Å². The molecular formula is C14H17N3S. The molecule has 0 bridgehead atoms. The highest BCUT2D eigenvalue weighted by Gasteiger charge is 2.22. The van der Waals surface area contributed by atoms with Gasteiger partial charge in [0.15, 0.2) is 0 Å². The van der Waals surface area contributed by atoms with Crippen LogP contribution in [0.1, 0.15) is 12.8 Å². The van der Waals surface area contributed by atoms with Gasteiger partial charge in [0, 0.05) is 24.1 Å². The Kier molecular flexibility index (Phi) is 3.04. The Morgan fingerprint density at radius 1 is 1.28 bits per heavy atom. The van der Waals surface area contributed by atoms with Gasteiger partial charge in [-0.2, -0.15) is 5.10 Å². The molecule has 3 rings (SSSR count). The average Bonchev–Trinajstić information content (AvgIpc) is 3.12. The van der Waals surface area contributed by atoms with Gasteiger partial charge in [0.25, 0.3) is 0 Å². The van der Waals surface area contributed by atoms with Crippen LogP contribution in [-0.2, 0) is 7.05 Å². The molecule has 0 aliphatic heterocycles. The first kappa shape index (κ1) is 11.7. The molecule has 0 spiro atoms. The fourth-order valence-corrected chi connectivity index (χ4v) is 2.41. The van der Waals surface area contributed by atoms with Crippen molar-refractivity contribution in [3.8, 4) is 11.3 Å². The molecule has 1 heterocycles. The van der Waals surface area contributed by atoms with Crippen molar-refractivity contribution in [2.45, 2.75) is 23.8 Å². The van der Waals surface area contributed by atoms with Gasteiger partial charge >= 0.3 is 0 Å². The molecule has 1 aliphatic rings. The monoisotopic (exact) mass is 259 g/mol. The van der Waals surface area contributed by atoms with Crippen molar-refractivity contribution >= 4 is 17.6 Å². The molecule has 3 nitrogen and oxygen atoms in total. The maximum Gasteiger partial charge on any atom is 0.148 e. The van der Waals surface area contributed by atoms with Crippen molar-refractivity contribution in [2.24, 2.45) is 7.05 Å². The fraction of sp³-hybridized carbons (Fsp3) is 0.357. The maximum atomic E-state index is 4.51. The number of aromatic nitrogens is 2.